The number of hydrogen-bond donors (Lipinski definition) is 1. The van der Waals surface area contributed by atoms with Gasteiger partial charge in [-0.15, -0.1) is 0 Å². The molecule has 0 radical (unpaired) electrons. The highest BCUT2D eigenvalue weighted by Crippen LogP contribution is 2.35. The normalized spacial score (nSPS) is 12.9. The van der Waals surface area contributed by atoms with Crippen LogP contribution >= 0.6 is 0 Å². The molecule has 6 heteroatoms. The zero-order chi connectivity index (χ0) is 19.5. The molecule has 28 heavy (non-hydrogen) atoms. The molecule has 4 rings (SSSR count). The van der Waals surface area contributed by atoms with E-state index >= 15 is 0 Å². The number of hydrogen-bond acceptors (Lipinski definition) is 3. The first-order chi connectivity index (χ1) is 13.6. The van der Waals surface area contributed by atoms with Crippen LogP contribution in [0.15, 0.2) is 72.8 Å². The van der Waals surface area contributed by atoms with Gasteiger partial charge < -0.3 is 15.0 Å². The van der Waals surface area contributed by atoms with Gasteiger partial charge in [0.15, 0.2) is 6.61 Å². The number of halogens is 1. The molecular weight excluding hydrogens is 359 g/mol. The van der Waals surface area contributed by atoms with Crippen LogP contribution in [0, 0.1) is 5.82 Å². The molecule has 1 heterocycles. The van der Waals surface area contributed by atoms with Crippen LogP contribution in [0.4, 0.5) is 15.8 Å². The lowest BCUT2D eigenvalue weighted by atomic mass is 10.1. The molecule has 0 fully saturated rings. The second-order valence-electron chi connectivity index (χ2n) is 6.40. The average Bonchev–Trinajstić information content (AvgIpc) is 2.72. The third-order valence-electron chi connectivity index (χ3n) is 4.45. The minimum Gasteiger partial charge on any atom is -0.482 e. The van der Waals surface area contributed by atoms with Gasteiger partial charge in [-0.25, -0.2) is 4.39 Å². The molecule has 3 aromatic rings. The second-order valence-corrected chi connectivity index (χ2v) is 6.40. The molecule has 3 aromatic carbocycles. The Labute approximate surface area is 161 Å². The van der Waals surface area contributed by atoms with Crippen LogP contribution in [0.5, 0.6) is 5.75 Å². The number of benzene rings is 3. The first-order valence-corrected chi connectivity index (χ1v) is 8.78. The Kier molecular flexibility index (Phi) is 4.76. The van der Waals surface area contributed by atoms with Crippen LogP contribution in [0.25, 0.3) is 0 Å². The van der Waals surface area contributed by atoms with Gasteiger partial charge >= 0.3 is 0 Å². The zero-order valence-electron chi connectivity index (χ0n) is 14.9. The summed E-state index contributed by atoms with van der Waals surface area (Å²) in [5, 5.41) is 2.83. The van der Waals surface area contributed by atoms with Crippen molar-refractivity contribution < 1.29 is 18.7 Å². The number of carbonyl (C=O) groups excluding carboxylic acids is 2. The number of rotatable bonds is 4. The Morgan fingerprint density at radius 2 is 1.79 bits per heavy atom. The van der Waals surface area contributed by atoms with E-state index in [9.17, 15) is 14.0 Å². The summed E-state index contributed by atoms with van der Waals surface area (Å²) in [5.41, 5.74) is 2.44. The Hall–Kier alpha value is -3.67. The van der Waals surface area contributed by atoms with E-state index in [0.29, 0.717) is 22.7 Å². The van der Waals surface area contributed by atoms with Crippen molar-refractivity contribution in [2.24, 2.45) is 0 Å². The monoisotopic (exact) mass is 376 g/mol. The van der Waals surface area contributed by atoms with Gasteiger partial charge in [-0.1, -0.05) is 30.3 Å². The van der Waals surface area contributed by atoms with E-state index in [-0.39, 0.29) is 30.8 Å². The highest BCUT2D eigenvalue weighted by molar-refractivity contribution is 6.05. The molecule has 140 valence electrons. The summed E-state index contributed by atoms with van der Waals surface area (Å²) in [5.74, 6) is -0.222. The molecular formula is C22H17FN2O3. The van der Waals surface area contributed by atoms with Crippen LogP contribution in [0.2, 0.25) is 0 Å². The first kappa shape index (κ1) is 17.7. The fourth-order valence-corrected chi connectivity index (χ4v) is 3.02. The van der Waals surface area contributed by atoms with Gasteiger partial charge in [0.1, 0.15) is 11.6 Å². The number of amides is 2. The Morgan fingerprint density at radius 1 is 1.04 bits per heavy atom. The third-order valence-corrected chi connectivity index (χ3v) is 4.45. The molecule has 2 amide bonds. The molecule has 0 spiro atoms. The van der Waals surface area contributed by atoms with Gasteiger partial charge in [0, 0.05) is 11.3 Å². The molecule has 1 aliphatic rings. The van der Waals surface area contributed by atoms with Crippen molar-refractivity contribution in [2.75, 3.05) is 16.8 Å². The van der Waals surface area contributed by atoms with Crippen molar-refractivity contribution in [3.63, 3.8) is 0 Å². The molecule has 0 aromatic heterocycles. The van der Waals surface area contributed by atoms with Crippen molar-refractivity contribution in [3.8, 4) is 5.75 Å². The second kappa shape index (κ2) is 7.52. The molecule has 5 nitrogen and oxygen atoms in total. The quantitative estimate of drug-likeness (QED) is 0.749. The van der Waals surface area contributed by atoms with E-state index in [0.717, 1.165) is 5.56 Å². The maximum Gasteiger partial charge on any atom is 0.265 e. The minimum absolute atomic E-state index is 0.0656. The SMILES string of the molecule is O=C(Nc1ccc2c(c1)N(Cc1ccc(F)cc1)C(=O)CO2)c1ccccc1. The number of nitrogens with one attached hydrogen (secondary N) is 1. The Balaban J connectivity index is 1.60. The predicted molar refractivity (Wildman–Crippen MR) is 104 cm³/mol. The lowest BCUT2D eigenvalue weighted by Crippen LogP contribution is -2.38. The van der Waals surface area contributed by atoms with E-state index in [2.05, 4.69) is 5.32 Å². The van der Waals surface area contributed by atoms with Gasteiger partial charge in [0.05, 0.1) is 12.2 Å². The largest absolute Gasteiger partial charge is 0.482 e. The fourth-order valence-electron chi connectivity index (χ4n) is 3.02. The fraction of sp³-hybridized carbons (Fsp3) is 0.0909. The summed E-state index contributed by atoms with van der Waals surface area (Å²) in [6.45, 7) is 0.218. The Morgan fingerprint density at radius 3 is 2.54 bits per heavy atom. The molecule has 0 saturated carbocycles. The van der Waals surface area contributed by atoms with Crippen LogP contribution in [0.1, 0.15) is 15.9 Å². The number of anilines is 2. The standard InChI is InChI=1S/C22H17FN2O3/c23-17-8-6-15(7-9-17)13-25-19-12-18(10-11-20(19)28-14-21(25)26)24-22(27)16-4-2-1-3-5-16/h1-12H,13-14H2,(H,24,27). The molecule has 0 unspecified atom stereocenters. The van der Waals surface area contributed by atoms with Gasteiger partial charge in [-0.2, -0.15) is 0 Å². The lowest BCUT2D eigenvalue weighted by Gasteiger charge is -2.30. The van der Waals surface area contributed by atoms with Crippen molar-refractivity contribution in [2.45, 2.75) is 6.54 Å². The molecule has 0 atom stereocenters. The summed E-state index contributed by atoms with van der Waals surface area (Å²) in [4.78, 5) is 26.4. The van der Waals surface area contributed by atoms with E-state index in [1.807, 2.05) is 6.07 Å². The van der Waals surface area contributed by atoms with Gasteiger partial charge in [0.2, 0.25) is 0 Å². The topological polar surface area (TPSA) is 58.6 Å². The third kappa shape index (κ3) is 3.71. The van der Waals surface area contributed by atoms with Crippen molar-refractivity contribution in [1.29, 1.82) is 0 Å². The Bertz CT molecular complexity index is 1020. The number of carbonyl (C=O) groups is 2. The van der Waals surface area contributed by atoms with Gasteiger partial charge in [0.25, 0.3) is 11.8 Å². The summed E-state index contributed by atoms with van der Waals surface area (Å²) in [6.07, 6.45) is 0. The summed E-state index contributed by atoms with van der Waals surface area (Å²) in [6, 6.07) is 20.0. The number of fused-ring (bicyclic) bond motifs is 1. The van der Waals surface area contributed by atoms with Crippen LogP contribution in [-0.4, -0.2) is 18.4 Å². The first-order valence-electron chi connectivity index (χ1n) is 8.78. The van der Waals surface area contributed by atoms with E-state index in [4.69, 9.17) is 4.74 Å². The number of ether oxygens (including phenoxy) is 1. The molecule has 0 bridgehead atoms. The van der Waals surface area contributed by atoms with Crippen LogP contribution < -0.4 is 15.0 Å². The van der Waals surface area contributed by atoms with Crippen LogP contribution in [-0.2, 0) is 11.3 Å². The van der Waals surface area contributed by atoms with Gasteiger partial charge in [-0.3, -0.25) is 9.59 Å². The smallest absolute Gasteiger partial charge is 0.265 e. The van der Waals surface area contributed by atoms with Crippen molar-refractivity contribution in [3.05, 3.63) is 89.7 Å². The molecule has 0 saturated heterocycles. The van der Waals surface area contributed by atoms with Crippen molar-refractivity contribution in [1.82, 2.24) is 0 Å². The predicted octanol–water partition coefficient (Wildman–Crippen LogP) is 4.00. The van der Waals surface area contributed by atoms with E-state index in [1.54, 1.807) is 59.5 Å². The minimum atomic E-state index is -0.330. The summed E-state index contributed by atoms with van der Waals surface area (Å²) in [7, 11) is 0. The molecule has 0 aliphatic carbocycles. The number of nitrogens with zero attached hydrogens (tertiary/aromatic N) is 1. The summed E-state index contributed by atoms with van der Waals surface area (Å²) < 4.78 is 18.7. The zero-order valence-corrected chi connectivity index (χ0v) is 14.9. The maximum absolute atomic E-state index is 13.2. The molecule has 1 aliphatic heterocycles. The molecule has 1 N–H and O–H groups in total. The average molecular weight is 376 g/mol. The van der Waals surface area contributed by atoms with Gasteiger partial charge in [-0.05, 0) is 48.0 Å². The highest BCUT2D eigenvalue weighted by Gasteiger charge is 2.26. The highest BCUT2D eigenvalue weighted by atomic mass is 19.1. The maximum atomic E-state index is 13.2. The van der Waals surface area contributed by atoms with Crippen molar-refractivity contribution >= 4 is 23.2 Å². The van der Waals surface area contributed by atoms with Crippen LogP contribution in [0.3, 0.4) is 0 Å². The summed E-state index contributed by atoms with van der Waals surface area (Å²) >= 11 is 0. The van der Waals surface area contributed by atoms with E-state index < -0.39 is 0 Å². The van der Waals surface area contributed by atoms with E-state index in [1.165, 1.54) is 12.1 Å². The lowest BCUT2D eigenvalue weighted by molar-refractivity contribution is -0.121.